The second kappa shape index (κ2) is 7.41. The summed E-state index contributed by atoms with van der Waals surface area (Å²) in [4.78, 5) is 10.8. The maximum atomic E-state index is 9.44. The molecule has 0 saturated carbocycles. The topological polar surface area (TPSA) is 79.1 Å². The van der Waals surface area contributed by atoms with Gasteiger partial charge in [0.2, 0.25) is 0 Å². The second-order valence-electron chi connectivity index (χ2n) is 5.99. The van der Waals surface area contributed by atoms with E-state index in [0.717, 1.165) is 50.5 Å². The Morgan fingerprint density at radius 1 is 1.39 bits per heavy atom. The molecular formula is C16H24N6O. The molecule has 23 heavy (non-hydrogen) atoms. The number of rotatable bonds is 7. The largest absolute Gasteiger partial charge is 0.394 e. The lowest BCUT2D eigenvalue weighted by molar-refractivity contribution is 0.266. The monoisotopic (exact) mass is 316 g/mol. The Balaban J connectivity index is 1.51. The zero-order chi connectivity index (χ0) is 16.1. The smallest absolute Gasteiger partial charge is 0.134 e. The summed E-state index contributed by atoms with van der Waals surface area (Å²) in [6.07, 6.45) is 8.60. The highest BCUT2D eigenvalue weighted by Gasteiger charge is 2.25. The molecule has 1 aliphatic heterocycles. The van der Waals surface area contributed by atoms with Crippen LogP contribution in [0.1, 0.15) is 24.8 Å². The van der Waals surface area contributed by atoms with Gasteiger partial charge in [0, 0.05) is 31.9 Å². The molecule has 1 unspecified atom stereocenters. The van der Waals surface area contributed by atoms with Gasteiger partial charge >= 0.3 is 0 Å². The SMILES string of the molecule is Cc1cnn(CCCNc2cc(N3CCCC3CO)ncn2)c1. The minimum atomic E-state index is 0.177. The number of aryl methyl sites for hydroxylation is 2. The number of aromatic nitrogens is 4. The van der Waals surface area contributed by atoms with Crippen LogP contribution in [0, 0.1) is 6.92 Å². The number of anilines is 2. The van der Waals surface area contributed by atoms with Gasteiger partial charge in [0.25, 0.3) is 0 Å². The first kappa shape index (κ1) is 15.7. The van der Waals surface area contributed by atoms with Crippen molar-refractivity contribution in [2.75, 3.05) is 29.9 Å². The second-order valence-corrected chi connectivity index (χ2v) is 5.99. The molecule has 3 heterocycles. The predicted octanol–water partition coefficient (Wildman–Crippen LogP) is 1.44. The molecule has 0 spiro atoms. The Kier molecular flexibility index (Phi) is 5.07. The lowest BCUT2D eigenvalue weighted by Crippen LogP contribution is -2.32. The fraction of sp³-hybridized carbons (Fsp3) is 0.562. The van der Waals surface area contributed by atoms with Crippen LogP contribution in [-0.4, -0.2) is 50.6 Å². The summed E-state index contributed by atoms with van der Waals surface area (Å²) in [5.74, 6) is 1.72. The third-order valence-corrected chi connectivity index (χ3v) is 4.17. The average Bonchev–Trinajstić information content (AvgIpc) is 3.20. The summed E-state index contributed by atoms with van der Waals surface area (Å²) in [6, 6.07) is 2.15. The van der Waals surface area contributed by atoms with Gasteiger partial charge in [-0.1, -0.05) is 0 Å². The first-order chi connectivity index (χ1) is 11.3. The molecule has 7 nitrogen and oxygen atoms in total. The van der Waals surface area contributed by atoms with Crippen LogP contribution in [0.2, 0.25) is 0 Å². The molecular weight excluding hydrogens is 292 g/mol. The van der Waals surface area contributed by atoms with Gasteiger partial charge in [-0.3, -0.25) is 4.68 Å². The molecule has 2 aromatic rings. The summed E-state index contributed by atoms with van der Waals surface area (Å²) >= 11 is 0. The zero-order valence-corrected chi connectivity index (χ0v) is 13.5. The molecule has 1 aliphatic rings. The highest BCUT2D eigenvalue weighted by atomic mass is 16.3. The molecule has 0 bridgehead atoms. The van der Waals surface area contributed by atoms with Crippen molar-refractivity contribution < 1.29 is 5.11 Å². The van der Waals surface area contributed by atoms with Crippen molar-refractivity contribution in [3.05, 3.63) is 30.4 Å². The van der Waals surface area contributed by atoms with E-state index in [0.29, 0.717) is 0 Å². The van der Waals surface area contributed by atoms with Crippen molar-refractivity contribution in [3.63, 3.8) is 0 Å². The first-order valence-corrected chi connectivity index (χ1v) is 8.19. The van der Waals surface area contributed by atoms with Gasteiger partial charge < -0.3 is 15.3 Å². The van der Waals surface area contributed by atoms with Gasteiger partial charge in [0.05, 0.1) is 18.8 Å². The highest BCUT2D eigenvalue weighted by molar-refractivity contribution is 5.49. The third-order valence-electron chi connectivity index (χ3n) is 4.17. The van der Waals surface area contributed by atoms with E-state index in [1.807, 2.05) is 30.1 Å². The molecule has 3 rings (SSSR count). The van der Waals surface area contributed by atoms with Crippen LogP contribution < -0.4 is 10.2 Å². The van der Waals surface area contributed by atoms with E-state index in [9.17, 15) is 5.11 Å². The Bertz CT molecular complexity index is 629. The number of aliphatic hydroxyl groups is 1. The van der Waals surface area contributed by atoms with Crippen molar-refractivity contribution in [3.8, 4) is 0 Å². The molecule has 2 aromatic heterocycles. The van der Waals surface area contributed by atoms with Crippen LogP contribution in [0.25, 0.3) is 0 Å². The van der Waals surface area contributed by atoms with Gasteiger partial charge in [-0.2, -0.15) is 5.10 Å². The Labute approximate surface area is 136 Å². The van der Waals surface area contributed by atoms with Gasteiger partial charge in [0.15, 0.2) is 0 Å². The fourth-order valence-electron chi connectivity index (χ4n) is 2.97. The maximum absolute atomic E-state index is 9.44. The van der Waals surface area contributed by atoms with Crippen molar-refractivity contribution in [2.24, 2.45) is 0 Å². The van der Waals surface area contributed by atoms with E-state index >= 15 is 0 Å². The lowest BCUT2D eigenvalue weighted by atomic mass is 10.2. The van der Waals surface area contributed by atoms with Gasteiger partial charge in [-0.05, 0) is 31.7 Å². The van der Waals surface area contributed by atoms with Crippen molar-refractivity contribution in [1.29, 1.82) is 0 Å². The van der Waals surface area contributed by atoms with Gasteiger partial charge in [-0.15, -0.1) is 0 Å². The molecule has 1 saturated heterocycles. The maximum Gasteiger partial charge on any atom is 0.134 e. The Hall–Kier alpha value is -2.15. The van der Waals surface area contributed by atoms with Crippen LogP contribution >= 0.6 is 0 Å². The third kappa shape index (κ3) is 3.98. The summed E-state index contributed by atoms with van der Waals surface area (Å²) in [7, 11) is 0. The minimum Gasteiger partial charge on any atom is -0.394 e. The molecule has 7 heteroatoms. The Morgan fingerprint density at radius 3 is 3.09 bits per heavy atom. The van der Waals surface area contributed by atoms with E-state index in [-0.39, 0.29) is 12.6 Å². The quantitative estimate of drug-likeness (QED) is 0.753. The summed E-state index contributed by atoms with van der Waals surface area (Å²) < 4.78 is 1.96. The summed E-state index contributed by atoms with van der Waals surface area (Å²) in [6.45, 7) is 4.88. The number of nitrogens with one attached hydrogen (secondary N) is 1. The zero-order valence-electron chi connectivity index (χ0n) is 13.5. The minimum absolute atomic E-state index is 0.177. The van der Waals surface area contributed by atoms with Crippen LogP contribution in [0.3, 0.4) is 0 Å². The first-order valence-electron chi connectivity index (χ1n) is 8.19. The van der Waals surface area contributed by atoms with E-state index in [4.69, 9.17) is 0 Å². The fourth-order valence-corrected chi connectivity index (χ4v) is 2.97. The predicted molar refractivity (Wildman–Crippen MR) is 89.6 cm³/mol. The van der Waals surface area contributed by atoms with E-state index in [1.54, 1.807) is 6.33 Å². The molecule has 1 fully saturated rings. The number of nitrogens with zero attached hydrogens (tertiary/aromatic N) is 5. The lowest BCUT2D eigenvalue weighted by Gasteiger charge is -2.24. The summed E-state index contributed by atoms with van der Waals surface area (Å²) in [5, 5.41) is 17.1. The van der Waals surface area contributed by atoms with E-state index < -0.39 is 0 Å². The van der Waals surface area contributed by atoms with Crippen LogP contribution in [0.4, 0.5) is 11.6 Å². The van der Waals surface area contributed by atoms with E-state index in [1.165, 1.54) is 5.56 Å². The van der Waals surface area contributed by atoms with Crippen molar-refractivity contribution in [2.45, 2.75) is 38.8 Å². The standard InChI is InChI=1S/C16H24N6O/c1-13-9-20-21(10-13)6-3-5-17-15-8-16(19-12-18-15)22-7-2-4-14(22)11-23/h8-10,12,14,23H,2-7,11H2,1H3,(H,17,18,19). The van der Waals surface area contributed by atoms with Crippen LogP contribution in [-0.2, 0) is 6.54 Å². The molecule has 2 N–H and O–H groups in total. The number of hydrogen-bond acceptors (Lipinski definition) is 6. The average molecular weight is 316 g/mol. The van der Waals surface area contributed by atoms with E-state index in [2.05, 4.69) is 25.3 Å². The molecule has 0 amide bonds. The molecule has 0 aromatic carbocycles. The number of hydrogen-bond donors (Lipinski definition) is 2. The normalized spacial score (nSPS) is 17.7. The number of aliphatic hydroxyl groups excluding tert-OH is 1. The summed E-state index contributed by atoms with van der Waals surface area (Å²) in [5.41, 5.74) is 1.18. The molecule has 124 valence electrons. The van der Waals surface area contributed by atoms with Gasteiger partial charge in [0.1, 0.15) is 18.0 Å². The van der Waals surface area contributed by atoms with Crippen LogP contribution in [0.15, 0.2) is 24.8 Å². The van der Waals surface area contributed by atoms with Crippen molar-refractivity contribution >= 4 is 11.6 Å². The molecule has 0 aliphatic carbocycles. The molecule has 0 radical (unpaired) electrons. The Morgan fingerprint density at radius 2 is 2.30 bits per heavy atom. The molecule has 1 atom stereocenters. The van der Waals surface area contributed by atoms with Crippen LogP contribution in [0.5, 0.6) is 0 Å². The van der Waals surface area contributed by atoms with Crippen molar-refractivity contribution in [1.82, 2.24) is 19.7 Å². The highest BCUT2D eigenvalue weighted by Crippen LogP contribution is 2.24. The van der Waals surface area contributed by atoms with Gasteiger partial charge in [-0.25, -0.2) is 9.97 Å².